The van der Waals surface area contributed by atoms with Gasteiger partial charge in [-0.3, -0.25) is 0 Å². The maximum absolute atomic E-state index is 11.7. The summed E-state index contributed by atoms with van der Waals surface area (Å²) in [5, 5.41) is 13.1. The van der Waals surface area contributed by atoms with Crippen LogP contribution in [0.2, 0.25) is 0 Å². The van der Waals surface area contributed by atoms with Gasteiger partial charge in [0, 0.05) is 45.0 Å². The van der Waals surface area contributed by atoms with Crippen molar-refractivity contribution in [2.24, 2.45) is 0 Å². The molecule has 8 nitrogen and oxygen atoms in total. The smallest absolute Gasteiger partial charge is 0.317 e. The zero-order valence-electron chi connectivity index (χ0n) is 14.6. The Morgan fingerprint density at radius 3 is 2.88 bits per heavy atom. The quantitative estimate of drug-likeness (QED) is 0.736. The Balaban J connectivity index is 1.40. The van der Waals surface area contributed by atoms with Crippen molar-refractivity contribution in [3.05, 3.63) is 18.3 Å². The van der Waals surface area contributed by atoms with E-state index in [0.29, 0.717) is 24.2 Å². The molecule has 8 heteroatoms. The molecule has 1 aromatic heterocycles. The maximum atomic E-state index is 11.7. The van der Waals surface area contributed by atoms with Gasteiger partial charge in [0.2, 0.25) is 0 Å². The number of aliphatic hydroxyl groups is 1. The molecule has 3 rings (SSSR count). The average Bonchev–Trinajstić information content (AvgIpc) is 3.07. The van der Waals surface area contributed by atoms with Gasteiger partial charge in [-0.1, -0.05) is 0 Å². The van der Waals surface area contributed by atoms with Crippen molar-refractivity contribution in [3.8, 4) is 11.6 Å². The Hall–Kier alpha value is -2.06. The number of nitrogens with zero attached hydrogens (tertiary/aromatic N) is 3. The highest BCUT2D eigenvalue weighted by Gasteiger charge is 2.31. The van der Waals surface area contributed by atoms with E-state index in [4.69, 9.17) is 9.47 Å². The molecule has 138 valence electrons. The SMILES string of the molecule is COc1cccnc1OCC(O)CN1CCC(N2CCNC2=O)CC1. The molecule has 2 fully saturated rings. The molecule has 0 radical (unpaired) electrons. The molecule has 0 aromatic carbocycles. The highest BCUT2D eigenvalue weighted by Crippen LogP contribution is 2.23. The van der Waals surface area contributed by atoms with Crippen LogP contribution in [0.4, 0.5) is 4.79 Å². The first-order chi connectivity index (χ1) is 12.2. The molecule has 0 saturated carbocycles. The number of likely N-dealkylation sites (tertiary alicyclic amines) is 1. The largest absolute Gasteiger partial charge is 0.491 e. The second-order valence-corrected chi connectivity index (χ2v) is 6.43. The van der Waals surface area contributed by atoms with Crippen molar-refractivity contribution < 1.29 is 19.4 Å². The fraction of sp³-hybridized carbons (Fsp3) is 0.647. The number of β-amino-alcohol motifs (C(OH)–C–C–N with tert-alkyl or cyclic N) is 1. The highest BCUT2D eigenvalue weighted by molar-refractivity contribution is 5.76. The van der Waals surface area contributed by atoms with Gasteiger partial charge in [0.1, 0.15) is 12.7 Å². The third kappa shape index (κ3) is 4.52. The van der Waals surface area contributed by atoms with Gasteiger partial charge in [-0.2, -0.15) is 0 Å². The summed E-state index contributed by atoms with van der Waals surface area (Å²) in [5.41, 5.74) is 0. The molecule has 1 aromatic rings. The van der Waals surface area contributed by atoms with Crippen molar-refractivity contribution >= 4 is 6.03 Å². The number of urea groups is 1. The van der Waals surface area contributed by atoms with Gasteiger partial charge in [0.05, 0.1) is 7.11 Å². The molecule has 2 aliphatic rings. The van der Waals surface area contributed by atoms with Crippen LogP contribution in [-0.4, -0.2) is 84.5 Å². The molecular weight excluding hydrogens is 324 g/mol. The first-order valence-electron chi connectivity index (χ1n) is 8.74. The number of pyridine rings is 1. The fourth-order valence-electron chi connectivity index (χ4n) is 3.41. The lowest BCUT2D eigenvalue weighted by molar-refractivity contribution is 0.0489. The normalized spacial score (nSPS) is 20.4. The first kappa shape index (κ1) is 17.8. The summed E-state index contributed by atoms with van der Waals surface area (Å²) in [4.78, 5) is 20.0. The van der Waals surface area contributed by atoms with Gasteiger partial charge in [-0.05, 0) is 25.0 Å². The van der Waals surface area contributed by atoms with E-state index in [1.54, 1.807) is 25.4 Å². The summed E-state index contributed by atoms with van der Waals surface area (Å²) in [5.74, 6) is 0.946. The third-order valence-electron chi connectivity index (χ3n) is 4.73. The van der Waals surface area contributed by atoms with Crippen molar-refractivity contribution in [1.82, 2.24) is 20.1 Å². The number of rotatable bonds is 7. The zero-order valence-corrected chi connectivity index (χ0v) is 14.6. The summed E-state index contributed by atoms with van der Waals surface area (Å²) in [6.07, 6.45) is 2.91. The number of carbonyl (C=O) groups is 1. The predicted octanol–water partition coefficient (Wildman–Crippen LogP) is 0.320. The van der Waals surface area contributed by atoms with E-state index in [0.717, 1.165) is 39.0 Å². The number of hydrogen-bond donors (Lipinski definition) is 2. The Bertz CT molecular complexity index is 578. The van der Waals surface area contributed by atoms with Crippen molar-refractivity contribution in [1.29, 1.82) is 0 Å². The molecule has 2 saturated heterocycles. The molecule has 0 spiro atoms. The van der Waals surface area contributed by atoms with E-state index < -0.39 is 6.10 Å². The molecule has 0 aliphatic carbocycles. The van der Waals surface area contributed by atoms with Crippen LogP contribution in [0.1, 0.15) is 12.8 Å². The van der Waals surface area contributed by atoms with Crippen LogP contribution in [0.5, 0.6) is 11.6 Å². The molecule has 2 aliphatic heterocycles. The van der Waals surface area contributed by atoms with Gasteiger partial charge in [0.25, 0.3) is 5.88 Å². The number of methoxy groups -OCH3 is 1. The van der Waals surface area contributed by atoms with Crippen LogP contribution in [0.25, 0.3) is 0 Å². The number of carbonyl (C=O) groups excluding carboxylic acids is 1. The van der Waals surface area contributed by atoms with Gasteiger partial charge in [-0.15, -0.1) is 0 Å². The minimum atomic E-state index is -0.599. The summed E-state index contributed by atoms with van der Waals surface area (Å²) >= 11 is 0. The maximum Gasteiger partial charge on any atom is 0.317 e. The zero-order chi connectivity index (χ0) is 17.6. The number of hydrogen-bond acceptors (Lipinski definition) is 6. The van der Waals surface area contributed by atoms with Gasteiger partial charge < -0.3 is 29.7 Å². The molecule has 25 heavy (non-hydrogen) atoms. The first-order valence-corrected chi connectivity index (χ1v) is 8.74. The van der Waals surface area contributed by atoms with Crippen LogP contribution in [-0.2, 0) is 0 Å². The second-order valence-electron chi connectivity index (χ2n) is 6.43. The van der Waals surface area contributed by atoms with E-state index in [2.05, 4.69) is 15.2 Å². The van der Waals surface area contributed by atoms with Crippen molar-refractivity contribution in [3.63, 3.8) is 0 Å². The highest BCUT2D eigenvalue weighted by atomic mass is 16.5. The average molecular weight is 350 g/mol. The van der Waals surface area contributed by atoms with Gasteiger partial charge >= 0.3 is 6.03 Å². The van der Waals surface area contributed by atoms with E-state index in [-0.39, 0.29) is 12.6 Å². The van der Waals surface area contributed by atoms with Crippen LogP contribution >= 0.6 is 0 Å². The number of aliphatic hydroxyl groups excluding tert-OH is 1. The Kier molecular flexibility index (Phi) is 5.93. The predicted molar refractivity (Wildman–Crippen MR) is 91.9 cm³/mol. The lowest BCUT2D eigenvalue weighted by atomic mass is 10.0. The van der Waals surface area contributed by atoms with Gasteiger partial charge in [-0.25, -0.2) is 9.78 Å². The molecule has 1 unspecified atom stereocenters. The van der Waals surface area contributed by atoms with E-state index in [9.17, 15) is 9.90 Å². The number of nitrogens with one attached hydrogen (secondary N) is 1. The van der Waals surface area contributed by atoms with E-state index >= 15 is 0 Å². The van der Waals surface area contributed by atoms with Crippen LogP contribution in [0, 0.1) is 0 Å². The summed E-state index contributed by atoms with van der Waals surface area (Å²) in [6.45, 7) is 4.00. The van der Waals surface area contributed by atoms with Crippen molar-refractivity contribution in [2.75, 3.05) is 46.4 Å². The Labute approximate surface area is 147 Å². The standard InChI is InChI=1S/C17H26N4O4/c1-24-15-3-2-6-18-16(15)25-12-14(22)11-20-8-4-13(5-9-20)21-10-7-19-17(21)23/h2-3,6,13-14,22H,4-5,7-12H2,1H3,(H,19,23). The van der Waals surface area contributed by atoms with E-state index in [1.165, 1.54) is 0 Å². The molecule has 1 atom stereocenters. The number of aromatic nitrogens is 1. The topological polar surface area (TPSA) is 87.2 Å². The van der Waals surface area contributed by atoms with Crippen LogP contribution in [0.3, 0.4) is 0 Å². The Morgan fingerprint density at radius 1 is 1.40 bits per heavy atom. The lowest BCUT2D eigenvalue weighted by Gasteiger charge is -2.36. The summed E-state index contributed by atoms with van der Waals surface area (Å²) in [7, 11) is 1.56. The Morgan fingerprint density at radius 2 is 2.20 bits per heavy atom. The number of ether oxygens (including phenoxy) is 2. The van der Waals surface area contributed by atoms with Crippen molar-refractivity contribution in [2.45, 2.75) is 25.0 Å². The molecule has 0 bridgehead atoms. The second kappa shape index (κ2) is 8.35. The number of piperidine rings is 1. The van der Waals surface area contributed by atoms with Crippen LogP contribution in [0.15, 0.2) is 18.3 Å². The number of amides is 2. The lowest BCUT2D eigenvalue weighted by Crippen LogP contribution is -2.48. The summed E-state index contributed by atoms with van der Waals surface area (Å²) in [6, 6.07) is 3.90. The summed E-state index contributed by atoms with van der Waals surface area (Å²) < 4.78 is 10.8. The molecule has 3 heterocycles. The molecule has 2 N–H and O–H groups in total. The molecule has 2 amide bonds. The minimum absolute atomic E-state index is 0.0520. The van der Waals surface area contributed by atoms with E-state index in [1.807, 2.05) is 4.90 Å². The minimum Gasteiger partial charge on any atom is -0.491 e. The monoisotopic (exact) mass is 350 g/mol. The molecular formula is C17H26N4O4. The fourth-order valence-corrected chi connectivity index (χ4v) is 3.41. The van der Waals surface area contributed by atoms with Gasteiger partial charge in [0.15, 0.2) is 5.75 Å². The third-order valence-corrected chi connectivity index (χ3v) is 4.73. The van der Waals surface area contributed by atoms with Crippen LogP contribution < -0.4 is 14.8 Å².